The second-order valence-corrected chi connectivity index (χ2v) is 10.7. The summed E-state index contributed by atoms with van der Waals surface area (Å²) in [6.07, 6.45) is 6.88. The molecule has 4 saturated carbocycles. The lowest BCUT2D eigenvalue weighted by Crippen LogP contribution is -2.62. The van der Waals surface area contributed by atoms with Crippen LogP contribution in [-0.4, -0.2) is 30.1 Å². The number of amides is 3. The summed E-state index contributed by atoms with van der Waals surface area (Å²) in [5.41, 5.74) is 2.66. The van der Waals surface area contributed by atoms with Crippen molar-refractivity contribution in [1.82, 2.24) is 10.6 Å². The Morgan fingerprint density at radius 1 is 1.00 bits per heavy atom. The van der Waals surface area contributed by atoms with Gasteiger partial charge in [0.05, 0.1) is 0 Å². The van der Waals surface area contributed by atoms with Gasteiger partial charge in [0.2, 0.25) is 0 Å². The Bertz CT molecular complexity index is 1010. The normalized spacial score (nSPS) is 27.7. The van der Waals surface area contributed by atoms with Crippen molar-refractivity contribution in [2.75, 3.05) is 6.61 Å². The topological polar surface area (TPSA) is 84.5 Å². The molecule has 0 aliphatic heterocycles. The van der Waals surface area contributed by atoms with Crippen LogP contribution in [0.25, 0.3) is 11.1 Å². The zero-order valence-corrected chi connectivity index (χ0v) is 19.0. The molecule has 6 nitrogen and oxygen atoms in total. The molecule has 1 heterocycles. The molecule has 0 atom stereocenters. The van der Waals surface area contributed by atoms with Crippen LogP contribution in [0.1, 0.15) is 53.8 Å². The van der Waals surface area contributed by atoms with E-state index in [1.165, 1.54) is 30.6 Å². The third kappa shape index (κ3) is 4.31. The molecule has 3 amide bonds. The van der Waals surface area contributed by atoms with E-state index < -0.39 is 24.5 Å². The van der Waals surface area contributed by atoms with E-state index in [1.807, 2.05) is 42.6 Å². The first-order chi connectivity index (χ1) is 15.4. The van der Waals surface area contributed by atoms with E-state index >= 15 is 0 Å². The van der Waals surface area contributed by atoms with Crippen LogP contribution in [0.3, 0.4) is 0 Å². The summed E-state index contributed by atoms with van der Waals surface area (Å²) >= 11 is 1.27. The van der Waals surface area contributed by atoms with Crippen LogP contribution in [0.4, 0.5) is 4.79 Å². The molecular weight excluding hydrogens is 424 g/mol. The van der Waals surface area contributed by atoms with Crippen molar-refractivity contribution in [2.45, 2.75) is 51.0 Å². The minimum Gasteiger partial charge on any atom is -0.451 e. The molecule has 32 heavy (non-hydrogen) atoms. The fraction of sp³-hybridized carbons (Fsp3) is 0.480. The second-order valence-electron chi connectivity index (χ2n) is 9.81. The number of aryl methyl sites for hydroxylation is 1. The zero-order valence-electron chi connectivity index (χ0n) is 18.2. The predicted octanol–water partition coefficient (Wildman–Crippen LogP) is 4.67. The maximum Gasteiger partial charge on any atom is 0.349 e. The average Bonchev–Trinajstić information content (AvgIpc) is 3.21. The number of urea groups is 1. The van der Waals surface area contributed by atoms with E-state index in [-0.39, 0.29) is 5.54 Å². The highest BCUT2D eigenvalue weighted by atomic mass is 32.1. The lowest BCUT2D eigenvalue weighted by molar-refractivity contribution is -0.123. The highest BCUT2D eigenvalue weighted by molar-refractivity contribution is 7.12. The Balaban J connectivity index is 1.14. The summed E-state index contributed by atoms with van der Waals surface area (Å²) in [5, 5.41) is 7.27. The minimum atomic E-state index is -0.617. The van der Waals surface area contributed by atoms with Gasteiger partial charge in [0.25, 0.3) is 5.91 Å². The third-order valence-corrected chi connectivity index (χ3v) is 8.11. The third-order valence-electron chi connectivity index (χ3n) is 7.22. The van der Waals surface area contributed by atoms with Gasteiger partial charge in [0, 0.05) is 11.1 Å². The molecule has 2 aromatic rings. The molecule has 1 aromatic carbocycles. The van der Waals surface area contributed by atoms with E-state index in [9.17, 15) is 14.4 Å². The quantitative estimate of drug-likeness (QED) is 0.646. The summed E-state index contributed by atoms with van der Waals surface area (Å²) in [5.74, 6) is 0.923. The molecule has 0 radical (unpaired) electrons. The first-order valence-corrected chi connectivity index (χ1v) is 12.2. The molecule has 4 bridgehead atoms. The van der Waals surface area contributed by atoms with Gasteiger partial charge in [0.15, 0.2) is 6.61 Å². The number of ether oxygens (including phenoxy) is 1. The molecule has 7 heteroatoms. The number of carbonyl (C=O) groups excluding carboxylic acids is 3. The molecule has 6 rings (SSSR count). The van der Waals surface area contributed by atoms with Gasteiger partial charge in [-0.25, -0.2) is 9.59 Å². The van der Waals surface area contributed by atoms with E-state index in [0.29, 0.717) is 22.6 Å². The molecule has 4 fully saturated rings. The average molecular weight is 453 g/mol. The van der Waals surface area contributed by atoms with Crippen LogP contribution in [0.2, 0.25) is 0 Å². The lowest BCUT2D eigenvalue weighted by Gasteiger charge is -2.56. The maximum absolute atomic E-state index is 12.6. The van der Waals surface area contributed by atoms with Gasteiger partial charge in [-0.2, -0.15) is 0 Å². The molecule has 168 valence electrons. The van der Waals surface area contributed by atoms with Crippen molar-refractivity contribution in [3.8, 4) is 11.1 Å². The monoisotopic (exact) mass is 452 g/mol. The number of benzene rings is 1. The van der Waals surface area contributed by atoms with Crippen molar-refractivity contribution in [1.29, 1.82) is 0 Å². The molecule has 0 spiro atoms. The van der Waals surface area contributed by atoms with Crippen molar-refractivity contribution < 1.29 is 19.1 Å². The Kier molecular flexibility index (Phi) is 5.53. The van der Waals surface area contributed by atoms with Crippen LogP contribution < -0.4 is 10.6 Å². The summed E-state index contributed by atoms with van der Waals surface area (Å²) in [6.45, 7) is 1.52. The lowest BCUT2D eigenvalue weighted by atomic mass is 9.53. The van der Waals surface area contributed by atoms with Crippen molar-refractivity contribution in [3.05, 3.63) is 46.2 Å². The standard InChI is InChI=1S/C25H28N2O4S/c1-15-2-4-19(5-3-15)20-6-7-32-22(20)23(29)31-14-21(28)26-24(30)27-25-11-16-8-17(12-25)10-18(9-16)13-25/h2-7,16-18H,8-14H2,1H3,(H2,26,27,28,30). The first kappa shape index (κ1) is 21.2. The largest absolute Gasteiger partial charge is 0.451 e. The molecule has 2 N–H and O–H groups in total. The van der Waals surface area contributed by atoms with Crippen molar-refractivity contribution in [3.63, 3.8) is 0 Å². The smallest absolute Gasteiger partial charge is 0.349 e. The van der Waals surface area contributed by atoms with E-state index in [1.54, 1.807) is 0 Å². The van der Waals surface area contributed by atoms with Crippen LogP contribution in [0.5, 0.6) is 0 Å². The molecule has 0 unspecified atom stereocenters. The number of esters is 1. The number of hydrogen-bond donors (Lipinski definition) is 2. The van der Waals surface area contributed by atoms with Gasteiger partial charge in [0.1, 0.15) is 4.88 Å². The van der Waals surface area contributed by atoms with E-state index in [4.69, 9.17) is 4.74 Å². The first-order valence-electron chi connectivity index (χ1n) is 11.3. The van der Waals surface area contributed by atoms with Gasteiger partial charge < -0.3 is 10.1 Å². The highest BCUT2D eigenvalue weighted by Crippen LogP contribution is 2.55. The van der Waals surface area contributed by atoms with Crippen molar-refractivity contribution in [2.24, 2.45) is 17.8 Å². The molecule has 4 aliphatic rings. The summed E-state index contributed by atoms with van der Waals surface area (Å²) in [4.78, 5) is 37.8. The predicted molar refractivity (Wildman–Crippen MR) is 122 cm³/mol. The molecule has 0 saturated heterocycles. The number of carbonyl (C=O) groups is 3. The SMILES string of the molecule is Cc1ccc(-c2ccsc2C(=O)OCC(=O)NC(=O)NC23CC4CC(CC(C4)C2)C3)cc1. The number of hydrogen-bond acceptors (Lipinski definition) is 5. The number of rotatable bonds is 5. The molecule has 1 aromatic heterocycles. The van der Waals surface area contributed by atoms with Gasteiger partial charge in [-0.15, -0.1) is 11.3 Å². The van der Waals surface area contributed by atoms with Crippen LogP contribution in [0, 0.1) is 24.7 Å². The van der Waals surface area contributed by atoms with Gasteiger partial charge in [-0.05, 0) is 80.2 Å². The fourth-order valence-electron chi connectivity index (χ4n) is 6.32. The number of nitrogens with one attached hydrogen (secondary N) is 2. The highest BCUT2D eigenvalue weighted by Gasteiger charge is 2.51. The maximum atomic E-state index is 12.6. The van der Waals surface area contributed by atoms with Crippen molar-refractivity contribution >= 4 is 29.2 Å². The Hall–Kier alpha value is -2.67. The van der Waals surface area contributed by atoms with Crippen LogP contribution in [0.15, 0.2) is 35.7 Å². The van der Waals surface area contributed by atoms with E-state index in [2.05, 4.69) is 10.6 Å². The number of thiophene rings is 1. The number of imide groups is 1. The zero-order chi connectivity index (χ0) is 22.3. The van der Waals surface area contributed by atoms with E-state index in [0.717, 1.165) is 36.0 Å². The summed E-state index contributed by atoms with van der Waals surface area (Å²) in [7, 11) is 0. The Morgan fingerprint density at radius 2 is 1.62 bits per heavy atom. The second kappa shape index (κ2) is 8.35. The molecule has 4 aliphatic carbocycles. The minimum absolute atomic E-state index is 0.171. The summed E-state index contributed by atoms with van der Waals surface area (Å²) in [6, 6.07) is 9.26. The van der Waals surface area contributed by atoms with Gasteiger partial charge >= 0.3 is 12.0 Å². The summed E-state index contributed by atoms with van der Waals surface area (Å²) < 4.78 is 5.21. The van der Waals surface area contributed by atoms with Crippen LogP contribution >= 0.6 is 11.3 Å². The van der Waals surface area contributed by atoms with Gasteiger partial charge in [-0.1, -0.05) is 29.8 Å². The Labute approximate surface area is 191 Å². The van der Waals surface area contributed by atoms with Crippen LogP contribution in [-0.2, 0) is 9.53 Å². The fourth-order valence-corrected chi connectivity index (χ4v) is 7.13. The Morgan fingerprint density at radius 3 is 2.25 bits per heavy atom. The molecular formula is C25H28N2O4S. The van der Waals surface area contributed by atoms with Gasteiger partial charge in [-0.3, -0.25) is 10.1 Å².